The minimum atomic E-state index is -1.39. The van der Waals surface area contributed by atoms with Crippen LogP contribution in [0.25, 0.3) is 0 Å². The maximum atomic E-state index is 6.40. The molecule has 30 heavy (non-hydrogen) atoms. The first-order valence-corrected chi connectivity index (χ1v) is 12.0. The highest BCUT2D eigenvalue weighted by Gasteiger charge is 2.47. The summed E-state index contributed by atoms with van der Waals surface area (Å²) in [4.78, 5) is 0. The Hall–Kier alpha value is -0.240. The van der Waals surface area contributed by atoms with Crippen molar-refractivity contribution in [3.05, 3.63) is 6.10 Å². The van der Waals surface area contributed by atoms with E-state index < -0.39 is 11.8 Å². The van der Waals surface area contributed by atoms with E-state index in [9.17, 15) is 0 Å². The van der Waals surface area contributed by atoms with Crippen LogP contribution in [0.2, 0.25) is 0 Å². The average molecular weight is 434 g/mol. The highest BCUT2D eigenvalue weighted by atomic mass is 16.9. The molecule has 0 fully saturated rings. The van der Waals surface area contributed by atoms with Crippen LogP contribution in [0.3, 0.4) is 0 Å². The van der Waals surface area contributed by atoms with Gasteiger partial charge in [0.15, 0.2) is 11.9 Å². The smallest absolute Gasteiger partial charge is 0.317 e. The molecule has 0 amide bonds. The molecule has 0 aromatic carbocycles. The van der Waals surface area contributed by atoms with Crippen LogP contribution in [-0.2, 0) is 28.4 Å². The molecular formula is C24H49O6. The zero-order valence-electron chi connectivity index (χ0n) is 21.2. The van der Waals surface area contributed by atoms with Crippen LogP contribution in [-0.4, -0.2) is 50.9 Å². The summed E-state index contributed by atoms with van der Waals surface area (Å²) in [7, 11) is 0. The summed E-state index contributed by atoms with van der Waals surface area (Å²) in [6.45, 7) is 20.7. The first kappa shape index (κ1) is 29.8. The number of unbranched alkanes of at least 4 members (excludes halogenated alkanes) is 1. The van der Waals surface area contributed by atoms with Gasteiger partial charge in [-0.05, 0) is 46.0 Å². The lowest BCUT2D eigenvalue weighted by Crippen LogP contribution is -2.52. The maximum absolute atomic E-state index is 6.40. The van der Waals surface area contributed by atoms with Crippen molar-refractivity contribution in [1.29, 1.82) is 0 Å². The normalized spacial score (nSPS) is 17.3. The van der Waals surface area contributed by atoms with E-state index in [0.29, 0.717) is 51.3 Å². The molecule has 0 bridgehead atoms. The molecular weight excluding hydrogens is 384 g/mol. The second-order valence-electron chi connectivity index (χ2n) is 8.00. The van der Waals surface area contributed by atoms with Crippen molar-refractivity contribution in [2.75, 3.05) is 33.0 Å². The van der Waals surface area contributed by atoms with Crippen LogP contribution in [0.5, 0.6) is 0 Å². The molecule has 6 heteroatoms. The summed E-state index contributed by atoms with van der Waals surface area (Å²) in [6, 6.07) is 0. The predicted molar refractivity (Wildman–Crippen MR) is 121 cm³/mol. The fourth-order valence-electron chi connectivity index (χ4n) is 2.83. The molecule has 0 aliphatic rings. The van der Waals surface area contributed by atoms with E-state index >= 15 is 0 Å². The molecule has 0 saturated heterocycles. The predicted octanol–water partition coefficient (Wildman–Crippen LogP) is 6.08. The molecule has 3 atom stereocenters. The fourth-order valence-corrected chi connectivity index (χ4v) is 2.83. The Balaban J connectivity index is 5.75. The van der Waals surface area contributed by atoms with Crippen LogP contribution in [0.15, 0.2) is 0 Å². The van der Waals surface area contributed by atoms with Gasteiger partial charge in [0.2, 0.25) is 0 Å². The van der Waals surface area contributed by atoms with Crippen molar-refractivity contribution < 1.29 is 28.4 Å². The molecule has 0 heterocycles. The van der Waals surface area contributed by atoms with Gasteiger partial charge in [-0.1, -0.05) is 48.0 Å². The van der Waals surface area contributed by atoms with Gasteiger partial charge in [0.1, 0.15) is 6.61 Å². The van der Waals surface area contributed by atoms with Gasteiger partial charge < -0.3 is 28.4 Å². The van der Waals surface area contributed by atoms with Gasteiger partial charge in [-0.3, -0.25) is 0 Å². The van der Waals surface area contributed by atoms with Crippen molar-refractivity contribution >= 4 is 0 Å². The lowest BCUT2D eigenvalue weighted by molar-refractivity contribution is -0.413. The van der Waals surface area contributed by atoms with E-state index in [-0.39, 0.29) is 12.7 Å². The standard InChI is InChI=1S/C24H49O6/c1-10-16-17-27-23(13-4,25-14-5)19-29-24(26-15-6,28-18-20(7)8)22(12-3)30-21(9)11-2/h20-21H,10-19H2,1-9H3. The van der Waals surface area contributed by atoms with E-state index in [1.807, 2.05) is 34.6 Å². The molecule has 3 unspecified atom stereocenters. The van der Waals surface area contributed by atoms with Crippen LogP contribution < -0.4 is 0 Å². The third-order valence-corrected chi connectivity index (χ3v) is 4.81. The molecule has 0 aliphatic carbocycles. The zero-order valence-corrected chi connectivity index (χ0v) is 21.2. The molecule has 0 rings (SSSR count). The third-order valence-electron chi connectivity index (χ3n) is 4.81. The Labute approximate surface area is 186 Å². The molecule has 1 radical (unpaired) electrons. The van der Waals surface area contributed by atoms with Crippen molar-refractivity contribution in [3.63, 3.8) is 0 Å². The van der Waals surface area contributed by atoms with Crippen molar-refractivity contribution in [3.8, 4) is 0 Å². The van der Waals surface area contributed by atoms with Crippen molar-refractivity contribution in [2.45, 2.75) is 112 Å². The Kier molecular flexibility index (Phi) is 16.3. The minimum absolute atomic E-state index is 0.0367. The van der Waals surface area contributed by atoms with Gasteiger partial charge in [-0.25, -0.2) is 0 Å². The topological polar surface area (TPSA) is 55.4 Å². The zero-order chi connectivity index (χ0) is 23.0. The number of hydrogen-bond acceptors (Lipinski definition) is 6. The van der Waals surface area contributed by atoms with Gasteiger partial charge in [-0.2, -0.15) is 0 Å². The number of ether oxygens (including phenoxy) is 6. The molecule has 0 aromatic rings. The summed E-state index contributed by atoms with van der Waals surface area (Å²) >= 11 is 0. The highest BCUT2D eigenvalue weighted by Crippen LogP contribution is 2.35. The Bertz CT molecular complexity index is 405. The quantitative estimate of drug-likeness (QED) is 0.171. The Morgan fingerprint density at radius 3 is 1.93 bits per heavy atom. The summed E-state index contributed by atoms with van der Waals surface area (Å²) in [5.41, 5.74) is 0. The van der Waals surface area contributed by atoms with Crippen LogP contribution in [0.1, 0.15) is 94.4 Å². The van der Waals surface area contributed by atoms with E-state index in [2.05, 4.69) is 27.7 Å². The Morgan fingerprint density at radius 1 is 0.800 bits per heavy atom. The average Bonchev–Trinajstić information content (AvgIpc) is 2.73. The molecule has 0 N–H and O–H groups in total. The maximum Gasteiger partial charge on any atom is 0.317 e. The molecule has 6 nitrogen and oxygen atoms in total. The SMILES string of the molecule is CCCCOC(CC)(COC(OCC)(OCC(C)C)[C](CC)OC(C)CC)OCC. The van der Waals surface area contributed by atoms with Gasteiger partial charge in [0.25, 0.3) is 0 Å². The van der Waals surface area contributed by atoms with E-state index in [1.165, 1.54) is 0 Å². The third kappa shape index (κ3) is 10.4. The minimum Gasteiger partial charge on any atom is -0.360 e. The fraction of sp³-hybridized carbons (Fsp3) is 0.958. The van der Waals surface area contributed by atoms with E-state index in [1.54, 1.807) is 0 Å². The monoisotopic (exact) mass is 433 g/mol. The first-order chi connectivity index (χ1) is 14.3. The summed E-state index contributed by atoms with van der Waals surface area (Å²) in [6.07, 6.45) is 4.87. The van der Waals surface area contributed by atoms with E-state index in [4.69, 9.17) is 28.4 Å². The van der Waals surface area contributed by atoms with Crippen molar-refractivity contribution in [1.82, 2.24) is 0 Å². The van der Waals surface area contributed by atoms with Gasteiger partial charge in [0, 0.05) is 19.6 Å². The first-order valence-electron chi connectivity index (χ1n) is 12.0. The molecule has 0 spiro atoms. The highest BCUT2D eigenvalue weighted by molar-refractivity contribution is 4.91. The second-order valence-corrected chi connectivity index (χ2v) is 8.00. The van der Waals surface area contributed by atoms with Crippen LogP contribution in [0.4, 0.5) is 0 Å². The number of rotatable bonds is 20. The van der Waals surface area contributed by atoms with Crippen molar-refractivity contribution in [2.24, 2.45) is 5.92 Å². The summed E-state index contributed by atoms with van der Waals surface area (Å²) in [5, 5.41) is 0. The molecule has 181 valence electrons. The van der Waals surface area contributed by atoms with Gasteiger partial charge >= 0.3 is 5.97 Å². The summed E-state index contributed by atoms with van der Waals surface area (Å²) < 4.78 is 37.2. The number of hydrogen-bond donors (Lipinski definition) is 0. The lowest BCUT2D eigenvalue weighted by atomic mass is 10.1. The van der Waals surface area contributed by atoms with Gasteiger partial charge in [0.05, 0.1) is 19.3 Å². The van der Waals surface area contributed by atoms with Crippen LogP contribution >= 0.6 is 0 Å². The van der Waals surface area contributed by atoms with Gasteiger partial charge in [-0.15, -0.1) is 0 Å². The largest absolute Gasteiger partial charge is 0.360 e. The molecule has 0 saturated carbocycles. The molecule has 0 aliphatic heterocycles. The lowest BCUT2D eigenvalue weighted by Gasteiger charge is -2.42. The van der Waals surface area contributed by atoms with E-state index in [0.717, 1.165) is 19.3 Å². The molecule has 0 aromatic heterocycles. The Morgan fingerprint density at radius 2 is 1.47 bits per heavy atom. The van der Waals surface area contributed by atoms with Crippen LogP contribution in [0, 0.1) is 12.0 Å². The second kappa shape index (κ2) is 16.4. The summed E-state index contributed by atoms with van der Waals surface area (Å²) in [5.74, 6) is -1.91.